The van der Waals surface area contributed by atoms with Crippen LogP contribution in [0.4, 0.5) is 5.13 Å². The van der Waals surface area contributed by atoms with E-state index in [1.807, 2.05) is 0 Å². The van der Waals surface area contributed by atoms with Crippen molar-refractivity contribution in [1.29, 1.82) is 0 Å². The summed E-state index contributed by atoms with van der Waals surface area (Å²) < 4.78 is 10.4. The molecule has 0 spiro atoms. The molecule has 1 amide bonds. The van der Waals surface area contributed by atoms with E-state index in [4.69, 9.17) is 32.4 Å². The van der Waals surface area contributed by atoms with Gasteiger partial charge in [-0.15, -0.1) is 10.2 Å². The number of anilines is 1. The molecule has 4 heterocycles. The van der Waals surface area contributed by atoms with Gasteiger partial charge in [0.2, 0.25) is 6.39 Å². The molecule has 0 aliphatic carbocycles. The third-order valence-electron chi connectivity index (χ3n) is 5.02. The van der Waals surface area contributed by atoms with Gasteiger partial charge in [0.25, 0.3) is 11.8 Å². The van der Waals surface area contributed by atoms with Gasteiger partial charge in [0.15, 0.2) is 10.8 Å². The fourth-order valence-corrected chi connectivity index (χ4v) is 4.82. The van der Waals surface area contributed by atoms with Gasteiger partial charge in [-0.05, 0) is 26.7 Å². The maximum absolute atomic E-state index is 12.6. The minimum Gasteiger partial charge on any atom is -0.462 e. The predicted octanol–water partition coefficient (Wildman–Crippen LogP) is 3.71. The van der Waals surface area contributed by atoms with E-state index >= 15 is 0 Å². The average Bonchev–Trinajstić information content (AvgIpc) is 3.51. The molecular formula is C19H20Cl2N6O4S. The molecule has 0 bridgehead atoms. The summed E-state index contributed by atoms with van der Waals surface area (Å²) in [6, 6.07) is -0.0305. The third-order valence-corrected chi connectivity index (χ3v) is 7.06. The van der Waals surface area contributed by atoms with Gasteiger partial charge in [0, 0.05) is 24.8 Å². The molecule has 1 saturated heterocycles. The van der Waals surface area contributed by atoms with Crippen LogP contribution in [0.15, 0.2) is 10.8 Å². The van der Waals surface area contributed by atoms with Crippen LogP contribution >= 0.6 is 34.5 Å². The van der Waals surface area contributed by atoms with E-state index in [9.17, 15) is 9.59 Å². The minimum atomic E-state index is -0.483. The number of thiazole rings is 1. The van der Waals surface area contributed by atoms with Gasteiger partial charge in [-0.25, -0.2) is 9.78 Å². The van der Waals surface area contributed by atoms with Crippen molar-refractivity contribution in [1.82, 2.24) is 25.5 Å². The molecule has 0 aromatic carbocycles. The van der Waals surface area contributed by atoms with Gasteiger partial charge in [-0.1, -0.05) is 34.5 Å². The number of H-pyrrole nitrogens is 1. The number of hydrogen-bond acceptors (Lipinski definition) is 9. The molecule has 0 saturated carbocycles. The Morgan fingerprint density at radius 1 is 1.34 bits per heavy atom. The van der Waals surface area contributed by atoms with Crippen molar-refractivity contribution in [2.45, 2.75) is 32.7 Å². The van der Waals surface area contributed by atoms with Crippen LogP contribution in [-0.2, 0) is 4.74 Å². The molecule has 0 unspecified atom stereocenters. The summed E-state index contributed by atoms with van der Waals surface area (Å²) >= 11 is 13.4. The molecule has 2 N–H and O–H groups in total. The number of rotatable bonds is 6. The van der Waals surface area contributed by atoms with Crippen LogP contribution in [0.1, 0.15) is 45.6 Å². The topological polar surface area (TPSA) is 126 Å². The summed E-state index contributed by atoms with van der Waals surface area (Å²) in [5, 5.41) is 11.8. The Bertz CT molecular complexity index is 1120. The van der Waals surface area contributed by atoms with E-state index in [1.165, 1.54) is 17.7 Å². The molecule has 3 aromatic heterocycles. The maximum atomic E-state index is 12.6. The third kappa shape index (κ3) is 4.45. The van der Waals surface area contributed by atoms with E-state index in [0.29, 0.717) is 52.4 Å². The number of nitrogens with one attached hydrogen (secondary N) is 2. The summed E-state index contributed by atoms with van der Waals surface area (Å²) in [5.41, 5.74) is 1.22. The number of carbonyl (C=O) groups is 2. The van der Waals surface area contributed by atoms with Crippen molar-refractivity contribution < 1.29 is 18.7 Å². The predicted molar refractivity (Wildman–Crippen MR) is 120 cm³/mol. The number of halogens is 2. The zero-order valence-corrected chi connectivity index (χ0v) is 19.6. The van der Waals surface area contributed by atoms with Crippen molar-refractivity contribution in [3.63, 3.8) is 0 Å². The number of ether oxygens (including phenoxy) is 1. The Morgan fingerprint density at radius 3 is 2.69 bits per heavy atom. The first kappa shape index (κ1) is 22.6. The Morgan fingerprint density at radius 2 is 2.09 bits per heavy atom. The van der Waals surface area contributed by atoms with Crippen LogP contribution in [-0.4, -0.2) is 57.8 Å². The SMILES string of the molecule is CCOC(=O)c1sc(N2CCC(NC(=O)c3[nH]c(C)c(Cl)c3Cl)CC2)nc1-c1nnco1. The highest BCUT2D eigenvalue weighted by Gasteiger charge is 2.29. The fourth-order valence-electron chi connectivity index (χ4n) is 3.40. The molecule has 4 rings (SSSR count). The molecule has 13 heteroatoms. The smallest absolute Gasteiger partial charge is 0.350 e. The minimum absolute atomic E-state index is 0.0305. The summed E-state index contributed by atoms with van der Waals surface area (Å²) in [6.07, 6.45) is 2.57. The quantitative estimate of drug-likeness (QED) is 0.492. The Hall–Kier alpha value is -2.63. The largest absolute Gasteiger partial charge is 0.462 e. The maximum Gasteiger partial charge on any atom is 0.350 e. The number of aromatic nitrogens is 4. The molecule has 0 atom stereocenters. The van der Waals surface area contributed by atoms with E-state index < -0.39 is 5.97 Å². The summed E-state index contributed by atoms with van der Waals surface area (Å²) in [4.78, 5) is 34.8. The molecule has 1 aliphatic rings. The summed E-state index contributed by atoms with van der Waals surface area (Å²) in [5.74, 6) is -0.612. The zero-order chi connectivity index (χ0) is 22.8. The number of esters is 1. The van der Waals surface area contributed by atoms with Crippen molar-refractivity contribution in [2.24, 2.45) is 0 Å². The van der Waals surface area contributed by atoms with E-state index in [0.717, 1.165) is 0 Å². The zero-order valence-electron chi connectivity index (χ0n) is 17.3. The first-order valence-corrected chi connectivity index (χ1v) is 11.5. The van der Waals surface area contributed by atoms with Crippen LogP contribution in [0.2, 0.25) is 10.0 Å². The Balaban J connectivity index is 1.44. The van der Waals surface area contributed by atoms with Crippen molar-refractivity contribution in [2.75, 3.05) is 24.6 Å². The molecule has 0 radical (unpaired) electrons. The van der Waals surface area contributed by atoms with Crippen molar-refractivity contribution in [3.8, 4) is 11.6 Å². The Kier molecular flexibility index (Phi) is 6.68. The van der Waals surface area contributed by atoms with Crippen molar-refractivity contribution >= 4 is 51.5 Å². The molecule has 3 aromatic rings. The lowest BCUT2D eigenvalue weighted by molar-refractivity contribution is 0.0532. The first-order chi connectivity index (χ1) is 15.4. The van der Waals surface area contributed by atoms with E-state index in [2.05, 4.69) is 30.4 Å². The standard InChI is InChI=1S/C19H20Cl2N6O4S/c1-3-30-18(29)15-14(17-26-22-8-31-17)25-19(32-15)27-6-4-10(5-7-27)24-16(28)13-12(21)11(20)9(2)23-13/h8,10,23H,3-7H2,1-2H3,(H,24,28). The molecule has 170 valence electrons. The van der Waals surface area contributed by atoms with Crippen LogP contribution in [0, 0.1) is 6.92 Å². The van der Waals surface area contributed by atoms with E-state index in [-0.39, 0.29) is 35.2 Å². The normalized spacial score (nSPS) is 14.6. The first-order valence-electron chi connectivity index (χ1n) is 9.92. The van der Waals surface area contributed by atoms with Gasteiger partial charge in [0.1, 0.15) is 10.6 Å². The number of hydrogen-bond donors (Lipinski definition) is 2. The second-order valence-electron chi connectivity index (χ2n) is 7.13. The van der Waals surface area contributed by atoms with Gasteiger partial charge in [-0.3, -0.25) is 4.79 Å². The highest BCUT2D eigenvalue weighted by atomic mass is 35.5. The molecule has 32 heavy (non-hydrogen) atoms. The van der Waals surface area contributed by atoms with Crippen LogP contribution < -0.4 is 10.2 Å². The lowest BCUT2D eigenvalue weighted by atomic mass is 10.1. The number of aryl methyl sites for hydroxylation is 1. The van der Waals surface area contributed by atoms with Gasteiger partial charge in [-0.2, -0.15) is 0 Å². The molecular weight excluding hydrogens is 479 g/mol. The summed E-state index contributed by atoms with van der Waals surface area (Å²) in [7, 11) is 0. The number of aromatic amines is 1. The number of piperidine rings is 1. The molecule has 1 aliphatic heterocycles. The lowest BCUT2D eigenvalue weighted by Crippen LogP contribution is -2.44. The average molecular weight is 499 g/mol. The van der Waals surface area contributed by atoms with Crippen LogP contribution in [0.25, 0.3) is 11.6 Å². The van der Waals surface area contributed by atoms with Gasteiger partial charge in [0.05, 0.1) is 16.7 Å². The molecule has 1 fully saturated rings. The fraction of sp³-hybridized carbons (Fsp3) is 0.421. The lowest BCUT2D eigenvalue weighted by Gasteiger charge is -2.32. The van der Waals surface area contributed by atoms with Crippen LogP contribution in [0.3, 0.4) is 0 Å². The number of nitrogens with zero attached hydrogens (tertiary/aromatic N) is 4. The van der Waals surface area contributed by atoms with Crippen molar-refractivity contribution in [3.05, 3.63) is 32.7 Å². The second-order valence-corrected chi connectivity index (χ2v) is 8.86. The van der Waals surface area contributed by atoms with E-state index in [1.54, 1.807) is 13.8 Å². The highest BCUT2D eigenvalue weighted by molar-refractivity contribution is 7.17. The number of amides is 1. The molecule has 10 nitrogen and oxygen atoms in total. The summed E-state index contributed by atoms with van der Waals surface area (Å²) in [6.45, 7) is 5.02. The Labute approximate surface area is 197 Å². The van der Waals surface area contributed by atoms with Gasteiger partial charge >= 0.3 is 5.97 Å². The number of carbonyl (C=O) groups excluding carboxylic acids is 2. The van der Waals surface area contributed by atoms with Crippen LogP contribution in [0.5, 0.6) is 0 Å². The van der Waals surface area contributed by atoms with Gasteiger partial charge < -0.3 is 24.4 Å². The second kappa shape index (κ2) is 9.47. The monoisotopic (exact) mass is 498 g/mol. The highest BCUT2D eigenvalue weighted by Crippen LogP contribution is 2.34.